The van der Waals surface area contributed by atoms with Crippen molar-refractivity contribution in [2.75, 3.05) is 33.4 Å². The molecule has 5 aromatic carbocycles. The molecule has 3 fully saturated rings. The van der Waals surface area contributed by atoms with Crippen molar-refractivity contribution in [1.29, 1.82) is 0 Å². The maximum atomic E-state index is 14.9. The number of rotatable bonds is 14. The molecule has 9 rings (SSSR count). The maximum absolute atomic E-state index is 14.9. The molecule has 5 aromatic rings. The first-order valence-corrected chi connectivity index (χ1v) is 26.5. The van der Waals surface area contributed by atoms with Gasteiger partial charge in [0.25, 0.3) is 8.32 Å². The van der Waals surface area contributed by atoms with Gasteiger partial charge in [0.2, 0.25) is 11.8 Å². The molecule has 342 valence electrons. The van der Waals surface area contributed by atoms with E-state index in [4.69, 9.17) is 13.9 Å². The fourth-order valence-electron chi connectivity index (χ4n) is 11.4. The van der Waals surface area contributed by atoms with Gasteiger partial charge in [-0.25, -0.2) is 0 Å². The minimum atomic E-state index is -2.96. The molecule has 4 atom stereocenters. The van der Waals surface area contributed by atoms with Crippen LogP contribution in [-0.4, -0.2) is 80.6 Å². The number of ether oxygens (including phenoxy) is 2. The number of allylic oxidation sites excluding steroid dienone is 1. The number of carbonyl (C=O) groups is 2. The van der Waals surface area contributed by atoms with Crippen LogP contribution < -0.4 is 15.1 Å². The van der Waals surface area contributed by atoms with Gasteiger partial charge < -0.3 is 19.0 Å². The Morgan fingerprint density at radius 1 is 0.833 bits per heavy atom. The second kappa shape index (κ2) is 19.8. The summed E-state index contributed by atoms with van der Waals surface area (Å²) in [6, 6.07) is 46.0. The van der Waals surface area contributed by atoms with Crippen LogP contribution in [0.2, 0.25) is 5.04 Å². The van der Waals surface area contributed by atoms with E-state index in [-0.39, 0.29) is 40.7 Å². The molecule has 3 saturated heterocycles. The lowest BCUT2D eigenvalue weighted by atomic mass is 9.69. The molecule has 0 aromatic heterocycles. The first-order valence-electron chi connectivity index (χ1n) is 23.5. The highest BCUT2D eigenvalue weighted by atomic mass is 127. The summed E-state index contributed by atoms with van der Waals surface area (Å²) < 4.78 is 20.8. The summed E-state index contributed by atoms with van der Waals surface area (Å²) in [5.41, 5.74) is 6.70. The number of piperidine rings is 1. The van der Waals surface area contributed by atoms with Crippen molar-refractivity contribution in [1.82, 2.24) is 9.80 Å². The van der Waals surface area contributed by atoms with E-state index in [0.717, 1.165) is 60.3 Å². The van der Waals surface area contributed by atoms with Crippen molar-refractivity contribution in [2.24, 2.45) is 17.8 Å². The van der Waals surface area contributed by atoms with Gasteiger partial charge in [-0.1, -0.05) is 148 Å². The van der Waals surface area contributed by atoms with Crippen LogP contribution in [0.15, 0.2) is 145 Å². The van der Waals surface area contributed by atoms with Crippen LogP contribution in [0, 0.1) is 21.3 Å². The minimum absolute atomic E-state index is 0.0223. The van der Waals surface area contributed by atoms with E-state index >= 15 is 0 Å². The van der Waals surface area contributed by atoms with Gasteiger partial charge in [0.15, 0.2) is 11.5 Å². The Morgan fingerprint density at radius 2 is 1.44 bits per heavy atom. The quantitative estimate of drug-likeness (QED) is 0.0390. The number of imide groups is 1. The molecule has 0 saturated carbocycles. The number of phenolic OH excluding ortho intramolecular Hbond substituents is 1. The van der Waals surface area contributed by atoms with Gasteiger partial charge in [-0.2, -0.15) is 0 Å². The fraction of sp³-hybridized carbons (Fsp3) is 0.357. The van der Waals surface area contributed by atoms with Crippen LogP contribution in [0.25, 0.3) is 11.6 Å². The van der Waals surface area contributed by atoms with Gasteiger partial charge in [0.1, 0.15) is 0 Å². The lowest BCUT2D eigenvalue weighted by Crippen LogP contribution is -2.66. The highest BCUT2D eigenvalue weighted by Crippen LogP contribution is 2.51. The third-order valence-corrected chi connectivity index (χ3v) is 20.3. The van der Waals surface area contributed by atoms with Crippen molar-refractivity contribution >= 4 is 64.7 Å². The monoisotopic (exact) mass is 1010 g/mol. The first-order chi connectivity index (χ1) is 32.0. The number of hydrogen-bond donors (Lipinski definition) is 1. The largest absolute Gasteiger partial charge is 0.504 e. The molecule has 2 amide bonds. The summed E-state index contributed by atoms with van der Waals surface area (Å²) in [6.07, 6.45) is 5.33. The van der Waals surface area contributed by atoms with E-state index in [9.17, 15) is 14.7 Å². The Morgan fingerprint density at radius 3 is 2.05 bits per heavy atom. The lowest BCUT2D eigenvalue weighted by Gasteiger charge is -2.44. The van der Waals surface area contributed by atoms with Crippen molar-refractivity contribution in [3.05, 3.63) is 165 Å². The minimum Gasteiger partial charge on any atom is -0.504 e. The average Bonchev–Trinajstić information content (AvgIpc) is 3.87. The molecular weight excluding hydrogens is 952 g/mol. The molecule has 1 aliphatic carbocycles. The number of benzene rings is 5. The number of likely N-dealkylation sites (tertiary alicyclic amines) is 2. The number of nitrogens with zero attached hydrogens (tertiary/aromatic N) is 2. The molecule has 10 heteroatoms. The van der Waals surface area contributed by atoms with Gasteiger partial charge in [0, 0.05) is 31.6 Å². The Balaban J connectivity index is 1.06. The Kier molecular flexibility index (Phi) is 13.9. The van der Waals surface area contributed by atoms with Crippen molar-refractivity contribution in [3.8, 4) is 11.5 Å². The van der Waals surface area contributed by atoms with E-state index in [1.807, 2.05) is 24.3 Å². The predicted octanol–water partition coefficient (Wildman–Crippen LogP) is 9.88. The molecule has 3 heterocycles. The van der Waals surface area contributed by atoms with E-state index in [0.29, 0.717) is 41.8 Å². The van der Waals surface area contributed by atoms with Crippen molar-refractivity contribution < 1.29 is 28.6 Å². The number of carbonyl (C=O) groups excluding carboxylic acids is 2. The van der Waals surface area contributed by atoms with Crippen LogP contribution in [0.3, 0.4) is 0 Å². The first kappa shape index (κ1) is 46.3. The molecule has 0 spiro atoms. The summed E-state index contributed by atoms with van der Waals surface area (Å²) in [4.78, 5) is 33.9. The summed E-state index contributed by atoms with van der Waals surface area (Å²) in [5.74, 6) is -0.594. The number of hydrogen-bond acceptors (Lipinski definition) is 7. The van der Waals surface area contributed by atoms with Gasteiger partial charge >= 0.3 is 0 Å². The SMILES string of the molecule is COc1cc(/C=C(/CC[C@H]2OC[C@H]3C2=C(CO[Si](c2ccccc2)(c2ccccc2)C(C)(C)C)C[C@H]2C(=O)N(C4CCN(Cc5ccccc5)CC4)C(=O)[C@H]23)c2ccccc2)cc(I)c1O. The van der Waals surface area contributed by atoms with Gasteiger partial charge in [-0.3, -0.25) is 19.4 Å². The van der Waals surface area contributed by atoms with Crippen LogP contribution in [0.4, 0.5) is 0 Å². The maximum Gasteiger partial charge on any atom is 0.261 e. The molecule has 0 radical (unpaired) electrons. The molecule has 66 heavy (non-hydrogen) atoms. The van der Waals surface area contributed by atoms with Crippen molar-refractivity contribution in [2.45, 2.75) is 76.6 Å². The third kappa shape index (κ3) is 9.11. The fourth-order valence-corrected chi connectivity index (χ4v) is 16.6. The molecule has 0 bridgehead atoms. The van der Waals surface area contributed by atoms with E-state index in [1.165, 1.54) is 15.9 Å². The molecule has 0 unspecified atom stereocenters. The Labute approximate surface area is 404 Å². The Hall–Kier alpha value is -4.85. The number of methoxy groups -OCH3 is 1. The summed E-state index contributed by atoms with van der Waals surface area (Å²) in [6.45, 7) is 10.2. The molecule has 3 aliphatic heterocycles. The number of amides is 2. The van der Waals surface area contributed by atoms with Crippen LogP contribution >= 0.6 is 22.6 Å². The predicted molar refractivity (Wildman–Crippen MR) is 273 cm³/mol. The van der Waals surface area contributed by atoms with E-state index < -0.39 is 20.2 Å². The zero-order chi connectivity index (χ0) is 46.0. The average molecular weight is 1010 g/mol. The highest BCUT2D eigenvalue weighted by molar-refractivity contribution is 14.1. The second-order valence-corrected chi connectivity index (χ2v) is 24.9. The van der Waals surface area contributed by atoms with Crippen LogP contribution in [0.5, 0.6) is 11.5 Å². The van der Waals surface area contributed by atoms with Crippen LogP contribution in [-0.2, 0) is 25.3 Å². The van der Waals surface area contributed by atoms with Gasteiger partial charge in [-0.05, 0) is 116 Å². The molecular formula is C56H61IN2O6Si. The summed E-state index contributed by atoms with van der Waals surface area (Å²) >= 11 is 2.14. The topological polar surface area (TPSA) is 88.5 Å². The molecule has 1 N–H and O–H groups in total. The Bertz CT molecular complexity index is 2530. The summed E-state index contributed by atoms with van der Waals surface area (Å²) in [5, 5.41) is 12.8. The molecule has 8 nitrogen and oxygen atoms in total. The third-order valence-electron chi connectivity index (χ3n) is 14.5. The normalized spacial score (nSPS) is 21.9. The second-order valence-electron chi connectivity index (χ2n) is 19.4. The smallest absolute Gasteiger partial charge is 0.261 e. The molecule has 4 aliphatic rings. The van der Waals surface area contributed by atoms with E-state index in [1.54, 1.807) is 12.0 Å². The van der Waals surface area contributed by atoms with Crippen molar-refractivity contribution in [3.63, 3.8) is 0 Å². The number of phenols is 1. The number of fused-ring (bicyclic) bond motifs is 3. The lowest BCUT2D eigenvalue weighted by molar-refractivity contribution is -0.144. The number of aromatic hydroxyl groups is 1. The number of halogens is 1. The van der Waals surface area contributed by atoms with Gasteiger partial charge in [-0.15, -0.1) is 0 Å². The zero-order valence-corrected chi connectivity index (χ0v) is 41.7. The zero-order valence-electron chi connectivity index (χ0n) is 38.5. The highest BCUT2D eigenvalue weighted by Gasteiger charge is 2.59. The standard InChI is InChI=1S/C56H61IN2O6Si/c1-56(2,3)66(44-21-13-7-14-22-44,45-23-15-8-16-24-45)65-36-42-34-46-52(55(62)59(54(46)61)43-27-29-58(30-28-43)35-38-17-9-5-10-18-38)47-37-64-49(51(42)47)26-25-41(40-19-11-6-12-20-40)31-39-32-48(57)53(60)50(33-39)63-4/h5-24,31-33,43,46-47,49,52,60H,25-30,34-37H2,1-4H3/b41-31-/t46-,47+,49-,52-/m1/s1. The van der Waals surface area contributed by atoms with Crippen LogP contribution in [0.1, 0.15) is 69.6 Å². The van der Waals surface area contributed by atoms with E-state index in [2.05, 4.69) is 164 Å². The van der Waals surface area contributed by atoms with Gasteiger partial charge in [0.05, 0.1) is 41.8 Å². The summed E-state index contributed by atoms with van der Waals surface area (Å²) in [7, 11) is -1.39.